The fraction of sp³-hybridized carbons (Fsp3) is 0.333. The molecule has 0 fully saturated rings. The lowest BCUT2D eigenvalue weighted by Gasteiger charge is -2.12. The molecule has 1 rings (SSSR count). The molecule has 0 aromatic heterocycles. The number of aliphatic hydroxyl groups excluding tert-OH is 1. The van der Waals surface area contributed by atoms with Crippen molar-refractivity contribution < 1.29 is 9.50 Å². The lowest BCUT2D eigenvalue weighted by Crippen LogP contribution is -2.16. The van der Waals surface area contributed by atoms with Crippen LogP contribution in [0.5, 0.6) is 0 Å². The summed E-state index contributed by atoms with van der Waals surface area (Å²) >= 11 is 10.9. The Morgan fingerprint density at radius 3 is 2.31 bits per heavy atom. The zero-order valence-electron chi connectivity index (χ0n) is 6.75. The molecule has 0 aliphatic carbocycles. The Balaban J connectivity index is 2.77. The summed E-state index contributed by atoms with van der Waals surface area (Å²) in [6, 6.07) is 6.21. The number of rotatable bonds is 3. The number of benzene rings is 1. The molecule has 0 saturated carbocycles. The molecule has 0 aliphatic rings. The Labute approximate surface area is 86.1 Å². The molecule has 2 unspecified atom stereocenters. The minimum atomic E-state index is -1.45. The highest BCUT2D eigenvalue weighted by molar-refractivity contribution is 6.30. The smallest absolute Gasteiger partial charge is 0.152 e. The molecular weight excluding hydrogens is 214 g/mol. The third-order valence-corrected chi connectivity index (χ3v) is 2.25. The molecule has 0 saturated heterocycles. The van der Waals surface area contributed by atoms with Crippen LogP contribution in [0.25, 0.3) is 0 Å². The van der Waals surface area contributed by atoms with E-state index in [4.69, 9.17) is 28.3 Å². The van der Waals surface area contributed by atoms with Crippen LogP contribution in [0.4, 0.5) is 4.39 Å². The van der Waals surface area contributed by atoms with Crippen LogP contribution in [-0.4, -0.2) is 17.1 Å². The van der Waals surface area contributed by atoms with E-state index in [0.717, 1.165) is 0 Å². The van der Waals surface area contributed by atoms with Gasteiger partial charge in [-0.05, 0) is 17.7 Å². The van der Waals surface area contributed by atoms with Gasteiger partial charge >= 0.3 is 0 Å². The van der Waals surface area contributed by atoms with E-state index in [9.17, 15) is 4.39 Å². The van der Waals surface area contributed by atoms with E-state index in [-0.39, 0.29) is 5.88 Å². The molecule has 1 aromatic carbocycles. The fourth-order valence-corrected chi connectivity index (χ4v) is 1.23. The van der Waals surface area contributed by atoms with Gasteiger partial charge in [0, 0.05) is 5.02 Å². The van der Waals surface area contributed by atoms with Crippen molar-refractivity contribution in [1.29, 1.82) is 0 Å². The second-order valence-corrected chi connectivity index (χ2v) is 3.42. The monoisotopic (exact) mass is 222 g/mol. The van der Waals surface area contributed by atoms with Gasteiger partial charge in [0.25, 0.3) is 0 Å². The van der Waals surface area contributed by atoms with E-state index in [1.807, 2.05) is 0 Å². The van der Waals surface area contributed by atoms with Gasteiger partial charge in [0.05, 0.1) is 5.88 Å². The number of hydrogen-bond donors (Lipinski definition) is 1. The maximum absolute atomic E-state index is 13.3. The normalized spacial score (nSPS) is 15.4. The summed E-state index contributed by atoms with van der Waals surface area (Å²) in [5, 5.41) is 9.65. The van der Waals surface area contributed by atoms with Crippen molar-refractivity contribution >= 4 is 23.2 Å². The van der Waals surface area contributed by atoms with E-state index < -0.39 is 12.3 Å². The molecule has 1 nitrogen and oxygen atoms in total. The van der Waals surface area contributed by atoms with Crippen LogP contribution < -0.4 is 0 Å². The predicted octanol–water partition coefficient (Wildman–Crippen LogP) is 2.95. The molecular formula is C9H9Cl2FO. The van der Waals surface area contributed by atoms with Crippen molar-refractivity contribution in [3.05, 3.63) is 34.9 Å². The van der Waals surface area contributed by atoms with Crippen LogP contribution in [0, 0.1) is 0 Å². The molecule has 0 heterocycles. The van der Waals surface area contributed by atoms with Gasteiger partial charge in [-0.2, -0.15) is 0 Å². The Kier molecular flexibility index (Phi) is 3.97. The Morgan fingerprint density at radius 1 is 1.31 bits per heavy atom. The minimum absolute atomic E-state index is 0.121. The van der Waals surface area contributed by atoms with Gasteiger partial charge in [-0.3, -0.25) is 0 Å². The van der Waals surface area contributed by atoms with Gasteiger partial charge in [0.15, 0.2) is 6.17 Å². The average Bonchev–Trinajstić information content (AvgIpc) is 2.17. The van der Waals surface area contributed by atoms with Crippen molar-refractivity contribution in [3.8, 4) is 0 Å². The Bertz CT molecular complexity index is 263. The second-order valence-electron chi connectivity index (χ2n) is 2.67. The Morgan fingerprint density at radius 2 is 1.85 bits per heavy atom. The third kappa shape index (κ3) is 2.83. The predicted molar refractivity (Wildman–Crippen MR) is 52.0 cm³/mol. The summed E-state index contributed by atoms with van der Waals surface area (Å²) in [7, 11) is 0. The summed E-state index contributed by atoms with van der Waals surface area (Å²) in [6.07, 6.45) is -2.61. The van der Waals surface area contributed by atoms with Crippen molar-refractivity contribution in [2.75, 3.05) is 5.88 Å². The van der Waals surface area contributed by atoms with Crippen molar-refractivity contribution in [3.63, 3.8) is 0 Å². The summed E-state index contributed by atoms with van der Waals surface area (Å²) < 4.78 is 13.3. The molecule has 0 aliphatic heterocycles. The molecule has 2 atom stereocenters. The Hall–Kier alpha value is -0.310. The first-order valence-electron chi connectivity index (χ1n) is 3.78. The van der Waals surface area contributed by atoms with Crippen LogP contribution in [0.1, 0.15) is 11.7 Å². The van der Waals surface area contributed by atoms with E-state index in [1.165, 1.54) is 12.1 Å². The highest BCUT2D eigenvalue weighted by atomic mass is 35.5. The van der Waals surface area contributed by atoms with Crippen LogP contribution in [0.2, 0.25) is 5.02 Å². The number of aliphatic hydroxyl groups is 1. The lowest BCUT2D eigenvalue weighted by atomic mass is 10.1. The quantitative estimate of drug-likeness (QED) is 0.781. The summed E-state index contributed by atoms with van der Waals surface area (Å²) in [4.78, 5) is 0. The van der Waals surface area contributed by atoms with Crippen LogP contribution in [0.3, 0.4) is 0 Å². The van der Waals surface area contributed by atoms with Crippen molar-refractivity contribution in [2.45, 2.75) is 12.3 Å². The van der Waals surface area contributed by atoms with Gasteiger partial charge in [-0.15, -0.1) is 11.6 Å². The highest BCUT2D eigenvalue weighted by Crippen LogP contribution is 2.23. The largest absolute Gasteiger partial charge is 0.388 e. The first kappa shape index (κ1) is 10.8. The molecule has 0 amide bonds. The van der Waals surface area contributed by atoms with Crippen LogP contribution in [0.15, 0.2) is 24.3 Å². The summed E-state index contributed by atoms with van der Waals surface area (Å²) in [6.45, 7) is 0. The highest BCUT2D eigenvalue weighted by Gasteiger charge is 2.18. The lowest BCUT2D eigenvalue weighted by molar-refractivity contribution is 0.0961. The van der Waals surface area contributed by atoms with Gasteiger partial charge in [-0.1, -0.05) is 23.7 Å². The molecule has 0 spiro atoms. The SMILES string of the molecule is OC(CCl)C(F)c1ccc(Cl)cc1. The molecule has 4 heteroatoms. The van der Waals surface area contributed by atoms with Crippen molar-refractivity contribution in [1.82, 2.24) is 0 Å². The van der Waals surface area contributed by atoms with E-state index in [0.29, 0.717) is 10.6 Å². The van der Waals surface area contributed by atoms with Crippen molar-refractivity contribution in [2.24, 2.45) is 0 Å². The first-order chi connectivity index (χ1) is 6.15. The molecule has 0 radical (unpaired) electrons. The average molecular weight is 223 g/mol. The van der Waals surface area contributed by atoms with E-state index in [2.05, 4.69) is 0 Å². The standard InChI is InChI=1S/C9H9Cl2FO/c10-5-8(13)9(12)6-1-3-7(11)4-2-6/h1-4,8-9,13H,5H2. The van der Waals surface area contributed by atoms with Crippen LogP contribution in [-0.2, 0) is 0 Å². The molecule has 0 bridgehead atoms. The van der Waals surface area contributed by atoms with E-state index in [1.54, 1.807) is 12.1 Å². The maximum Gasteiger partial charge on any atom is 0.152 e. The van der Waals surface area contributed by atoms with E-state index >= 15 is 0 Å². The van der Waals surface area contributed by atoms with Gasteiger partial charge in [0.1, 0.15) is 6.10 Å². The maximum atomic E-state index is 13.3. The zero-order chi connectivity index (χ0) is 9.84. The number of alkyl halides is 2. The molecule has 13 heavy (non-hydrogen) atoms. The fourth-order valence-electron chi connectivity index (χ4n) is 0.947. The molecule has 1 N–H and O–H groups in total. The number of halogens is 3. The topological polar surface area (TPSA) is 20.2 Å². The summed E-state index contributed by atoms with van der Waals surface area (Å²) in [5.41, 5.74) is 0.387. The number of hydrogen-bond acceptors (Lipinski definition) is 1. The molecule has 1 aromatic rings. The first-order valence-corrected chi connectivity index (χ1v) is 4.70. The van der Waals surface area contributed by atoms with Gasteiger partial charge in [0.2, 0.25) is 0 Å². The molecule has 72 valence electrons. The third-order valence-electron chi connectivity index (χ3n) is 1.68. The zero-order valence-corrected chi connectivity index (χ0v) is 8.26. The van der Waals surface area contributed by atoms with Gasteiger partial charge in [-0.25, -0.2) is 4.39 Å². The van der Waals surface area contributed by atoms with Crippen LogP contribution >= 0.6 is 23.2 Å². The van der Waals surface area contributed by atoms with Gasteiger partial charge < -0.3 is 5.11 Å². The summed E-state index contributed by atoms with van der Waals surface area (Å²) in [5.74, 6) is -0.121. The second kappa shape index (κ2) is 4.80. The minimum Gasteiger partial charge on any atom is -0.388 e.